The van der Waals surface area contributed by atoms with Crippen LogP contribution in [0.25, 0.3) is 0 Å². The van der Waals surface area contributed by atoms with Gasteiger partial charge in [-0.15, -0.1) is 0 Å². The third-order valence-electron chi connectivity index (χ3n) is 6.30. The molecule has 4 rings (SSSR count). The van der Waals surface area contributed by atoms with Crippen LogP contribution in [0.4, 0.5) is 0 Å². The highest BCUT2D eigenvalue weighted by Crippen LogP contribution is 2.55. The first-order valence-electron chi connectivity index (χ1n) is 12.1. The second-order valence-electron chi connectivity index (χ2n) is 8.50. The van der Waals surface area contributed by atoms with Crippen molar-refractivity contribution in [2.45, 2.75) is 25.9 Å². The third-order valence-corrected chi connectivity index (χ3v) is 10.8. The van der Waals surface area contributed by atoms with Crippen LogP contribution >= 0.6 is 7.26 Å². The van der Waals surface area contributed by atoms with Gasteiger partial charge >= 0.3 is 0 Å². The van der Waals surface area contributed by atoms with E-state index in [1.807, 2.05) is 12.1 Å². The fraction of sp³-hybridized carbons (Fsp3) is 0.226. The zero-order valence-electron chi connectivity index (χ0n) is 20.4. The summed E-state index contributed by atoms with van der Waals surface area (Å²) in [6.45, 7) is 1.44. The van der Waals surface area contributed by atoms with Crippen LogP contribution in [0.2, 0.25) is 0 Å². The monoisotopic (exact) mass is 548 g/mol. The molecule has 4 aromatic carbocycles. The van der Waals surface area contributed by atoms with Gasteiger partial charge < -0.3 is 26.5 Å². The van der Waals surface area contributed by atoms with Crippen molar-refractivity contribution in [3.05, 3.63) is 121 Å². The summed E-state index contributed by atoms with van der Waals surface area (Å²) in [5.74, 6) is 0.880. The molecule has 0 radical (unpaired) electrons. The minimum absolute atomic E-state index is 0. The zero-order valence-corrected chi connectivity index (χ0v) is 22.8. The van der Waals surface area contributed by atoms with Gasteiger partial charge in [0.25, 0.3) is 0 Å². The molecule has 0 saturated carbocycles. The molecule has 0 fully saturated rings. The Morgan fingerprint density at radius 2 is 1.06 bits per heavy atom. The first-order chi connectivity index (χ1) is 16.8. The molecule has 4 heteroatoms. The van der Waals surface area contributed by atoms with Crippen molar-refractivity contribution in [1.82, 2.24) is 0 Å². The number of rotatable bonds is 12. The number of benzene rings is 4. The Morgan fingerprint density at radius 1 is 0.571 bits per heavy atom. The van der Waals surface area contributed by atoms with Gasteiger partial charge in [-0.1, -0.05) is 66.7 Å². The first-order valence-corrected chi connectivity index (χ1v) is 14.1. The van der Waals surface area contributed by atoms with E-state index in [9.17, 15) is 0 Å². The molecule has 4 aromatic rings. The normalized spacial score (nSPS) is 11.0. The van der Waals surface area contributed by atoms with Crippen molar-refractivity contribution in [2.24, 2.45) is 0 Å². The highest BCUT2D eigenvalue weighted by atomic mass is 79.9. The molecule has 0 aliphatic rings. The summed E-state index contributed by atoms with van der Waals surface area (Å²) < 4.78 is 11.2. The molecule has 182 valence electrons. The van der Waals surface area contributed by atoms with Crippen LogP contribution in [0.1, 0.15) is 24.8 Å². The van der Waals surface area contributed by atoms with Crippen LogP contribution in [0.5, 0.6) is 5.75 Å². The average Bonchev–Trinajstić information content (AvgIpc) is 2.92. The van der Waals surface area contributed by atoms with E-state index in [2.05, 4.69) is 103 Å². The maximum Gasteiger partial charge on any atom is 0.118 e. The molecular formula is C31H34BrO2P. The molecule has 35 heavy (non-hydrogen) atoms. The van der Waals surface area contributed by atoms with Crippen molar-refractivity contribution < 1.29 is 26.5 Å². The third kappa shape index (κ3) is 7.04. The minimum Gasteiger partial charge on any atom is -1.00 e. The summed E-state index contributed by atoms with van der Waals surface area (Å²) >= 11 is 0. The molecule has 0 saturated heterocycles. The zero-order chi connectivity index (χ0) is 23.5. The van der Waals surface area contributed by atoms with Gasteiger partial charge in [-0.2, -0.15) is 0 Å². The van der Waals surface area contributed by atoms with Gasteiger partial charge in [0.15, 0.2) is 0 Å². The summed E-state index contributed by atoms with van der Waals surface area (Å²) in [6, 6.07) is 41.5. The molecule has 0 aromatic heterocycles. The van der Waals surface area contributed by atoms with E-state index < -0.39 is 7.26 Å². The molecule has 0 unspecified atom stereocenters. The Bertz CT molecular complexity index is 1010. The number of methoxy groups -OCH3 is 1. The van der Waals surface area contributed by atoms with Gasteiger partial charge in [-0.05, 0) is 73.4 Å². The van der Waals surface area contributed by atoms with Gasteiger partial charge in [0.2, 0.25) is 0 Å². The van der Waals surface area contributed by atoms with Crippen LogP contribution in [-0.4, -0.2) is 19.9 Å². The standard InChI is InChI=1S/C31H34O2P.BrH/c1-32-28-22-20-27(21-23-28)26-33-24-12-5-13-25-34(29-14-6-2-7-15-29,30-16-8-3-9-17-30)31-18-10-4-11-19-31;/h2-4,6-11,14-23H,5,12-13,24-26H2,1H3;1H/q+1;/p-1. The van der Waals surface area contributed by atoms with Gasteiger partial charge in [-0.3, -0.25) is 0 Å². The van der Waals surface area contributed by atoms with Crippen LogP contribution in [0.15, 0.2) is 115 Å². The van der Waals surface area contributed by atoms with Crippen molar-refractivity contribution >= 4 is 23.2 Å². The molecule has 0 spiro atoms. The Hall–Kier alpha value is -2.45. The van der Waals surface area contributed by atoms with Gasteiger partial charge in [0.05, 0.1) is 19.9 Å². The van der Waals surface area contributed by atoms with Crippen molar-refractivity contribution in [3.8, 4) is 5.75 Å². The number of halogens is 1. The van der Waals surface area contributed by atoms with Gasteiger partial charge in [0, 0.05) is 6.61 Å². The van der Waals surface area contributed by atoms with E-state index in [1.165, 1.54) is 34.1 Å². The molecular weight excluding hydrogens is 515 g/mol. The summed E-state index contributed by atoms with van der Waals surface area (Å²) in [6.07, 6.45) is 4.59. The molecule has 0 heterocycles. The maximum atomic E-state index is 5.95. The van der Waals surface area contributed by atoms with Crippen LogP contribution in [0, 0.1) is 0 Å². The number of unbranched alkanes of at least 4 members (excludes halogenated alkanes) is 2. The van der Waals surface area contributed by atoms with Gasteiger partial charge in [0.1, 0.15) is 28.9 Å². The minimum atomic E-state index is -1.72. The lowest BCUT2D eigenvalue weighted by Crippen LogP contribution is -3.00. The van der Waals surface area contributed by atoms with E-state index in [1.54, 1.807) is 7.11 Å². The second kappa shape index (κ2) is 14.2. The Labute approximate surface area is 221 Å². The summed E-state index contributed by atoms with van der Waals surface area (Å²) in [7, 11) is -0.0268. The van der Waals surface area contributed by atoms with E-state index in [0.29, 0.717) is 6.61 Å². The summed E-state index contributed by atoms with van der Waals surface area (Å²) in [4.78, 5) is 0. The lowest BCUT2D eigenvalue weighted by Gasteiger charge is -2.27. The SMILES string of the molecule is COc1ccc(COCCCCC[P+](c2ccccc2)(c2ccccc2)c2ccccc2)cc1.[Br-]. The molecule has 0 amide bonds. The number of hydrogen-bond donors (Lipinski definition) is 0. The van der Waals surface area contributed by atoms with Gasteiger partial charge in [-0.25, -0.2) is 0 Å². The molecule has 0 aliphatic heterocycles. The maximum absolute atomic E-state index is 5.95. The lowest BCUT2D eigenvalue weighted by atomic mass is 10.2. The largest absolute Gasteiger partial charge is 1.00 e. The average molecular weight is 549 g/mol. The van der Waals surface area contributed by atoms with Crippen molar-refractivity contribution in [1.29, 1.82) is 0 Å². The summed E-state index contributed by atoms with van der Waals surface area (Å²) in [5, 5.41) is 4.38. The molecule has 0 atom stereocenters. The van der Waals surface area contributed by atoms with E-state index in [-0.39, 0.29) is 17.0 Å². The van der Waals surface area contributed by atoms with E-state index in [4.69, 9.17) is 9.47 Å². The van der Waals surface area contributed by atoms with E-state index >= 15 is 0 Å². The number of hydrogen-bond acceptors (Lipinski definition) is 2. The second-order valence-corrected chi connectivity index (χ2v) is 12.1. The fourth-order valence-corrected chi connectivity index (χ4v) is 8.93. The Morgan fingerprint density at radius 3 is 1.51 bits per heavy atom. The van der Waals surface area contributed by atoms with E-state index in [0.717, 1.165) is 25.2 Å². The predicted octanol–water partition coefficient (Wildman–Crippen LogP) is 3.38. The van der Waals surface area contributed by atoms with Crippen LogP contribution in [-0.2, 0) is 11.3 Å². The first kappa shape index (κ1) is 27.1. The summed E-state index contributed by atoms with van der Waals surface area (Å²) in [5.41, 5.74) is 1.18. The van der Waals surface area contributed by atoms with Crippen molar-refractivity contribution in [3.63, 3.8) is 0 Å². The molecule has 2 nitrogen and oxygen atoms in total. The topological polar surface area (TPSA) is 18.5 Å². The van der Waals surface area contributed by atoms with Crippen LogP contribution in [0.3, 0.4) is 0 Å². The highest BCUT2D eigenvalue weighted by Gasteiger charge is 2.44. The van der Waals surface area contributed by atoms with Crippen LogP contribution < -0.4 is 37.6 Å². The smallest absolute Gasteiger partial charge is 0.118 e. The fourth-order valence-electron chi connectivity index (χ4n) is 4.52. The van der Waals surface area contributed by atoms with Crippen molar-refractivity contribution in [2.75, 3.05) is 19.9 Å². The quantitative estimate of drug-likeness (QED) is 0.199. The Balaban J connectivity index is 0.00000342. The lowest BCUT2D eigenvalue weighted by molar-refractivity contribution is -0.00000757. The Kier molecular flexibility index (Phi) is 11.0. The highest BCUT2D eigenvalue weighted by molar-refractivity contribution is 7.95. The molecule has 0 bridgehead atoms. The molecule has 0 N–H and O–H groups in total. The number of ether oxygens (including phenoxy) is 2. The predicted molar refractivity (Wildman–Crippen MR) is 147 cm³/mol. The molecule has 0 aliphatic carbocycles.